The van der Waals surface area contributed by atoms with Gasteiger partial charge in [0.15, 0.2) is 0 Å². The van der Waals surface area contributed by atoms with Crippen molar-refractivity contribution in [2.45, 2.75) is 48.5 Å². The largest absolute Gasteiger partial charge is 0.481 e. The molecular weight excluding hydrogens is 420 g/mol. The molecule has 2 aliphatic rings. The van der Waals surface area contributed by atoms with Crippen LogP contribution in [0.2, 0.25) is 0 Å². The van der Waals surface area contributed by atoms with Crippen LogP contribution in [0.15, 0.2) is 55.1 Å². The SMILES string of the molecule is C=CC1(O)CC(C(=O)O)(c2cc(F)c(CN3CCCC(c4ccccc4)S3)cc2F)C1. The van der Waals surface area contributed by atoms with E-state index in [4.69, 9.17) is 0 Å². The van der Waals surface area contributed by atoms with Gasteiger partial charge in [-0.2, -0.15) is 0 Å². The van der Waals surface area contributed by atoms with E-state index in [-0.39, 0.29) is 35.8 Å². The molecule has 1 heterocycles. The quantitative estimate of drug-likeness (QED) is 0.485. The van der Waals surface area contributed by atoms with Gasteiger partial charge in [0, 0.05) is 42.3 Å². The summed E-state index contributed by atoms with van der Waals surface area (Å²) in [7, 11) is 0. The minimum Gasteiger partial charge on any atom is -0.481 e. The molecule has 0 amide bonds. The van der Waals surface area contributed by atoms with Gasteiger partial charge in [0.1, 0.15) is 17.0 Å². The molecule has 1 unspecified atom stereocenters. The zero-order valence-electron chi connectivity index (χ0n) is 17.1. The van der Waals surface area contributed by atoms with E-state index in [2.05, 4.69) is 18.7 Å². The van der Waals surface area contributed by atoms with Crippen LogP contribution in [0.25, 0.3) is 0 Å². The highest BCUT2D eigenvalue weighted by Crippen LogP contribution is 2.52. The van der Waals surface area contributed by atoms with Crippen molar-refractivity contribution in [2.75, 3.05) is 6.54 Å². The Balaban J connectivity index is 1.54. The summed E-state index contributed by atoms with van der Waals surface area (Å²) >= 11 is 1.63. The van der Waals surface area contributed by atoms with E-state index in [1.54, 1.807) is 11.9 Å². The van der Waals surface area contributed by atoms with Gasteiger partial charge in [-0.15, -0.1) is 6.58 Å². The normalized spacial score (nSPS) is 28.7. The molecule has 2 N–H and O–H groups in total. The molecule has 2 aromatic rings. The molecule has 164 valence electrons. The van der Waals surface area contributed by atoms with Gasteiger partial charge >= 0.3 is 5.97 Å². The van der Waals surface area contributed by atoms with Crippen molar-refractivity contribution in [1.82, 2.24) is 4.31 Å². The third kappa shape index (κ3) is 4.14. The zero-order chi connectivity index (χ0) is 22.2. The van der Waals surface area contributed by atoms with E-state index in [1.165, 1.54) is 11.6 Å². The summed E-state index contributed by atoms with van der Waals surface area (Å²) in [5, 5.41) is 20.2. The van der Waals surface area contributed by atoms with Crippen molar-refractivity contribution in [2.24, 2.45) is 0 Å². The molecule has 1 saturated heterocycles. The molecule has 4 nitrogen and oxygen atoms in total. The van der Waals surface area contributed by atoms with Crippen LogP contribution >= 0.6 is 11.9 Å². The Labute approximate surface area is 184 Å². The van der Waals surface area contributed by atoms with Crippen molar-refractivity contribution in [1.29, 1.82) is 0 Å². The first-order chi connectivity index (χ1) is 14.8. The molecule has 7 heteroatoms. The third-order valence-electron chi connectivity index (χ3n) is 6.32. The molecule has 0 bridgehead atoms. The van der Waals surface area contributed by atoms with Gasteiger partial charge in [-0.25, -0.2) is 13.1 Å². The van der Waals surface area contributed by atoms with Crippen molar-refractivity contribution in [3.05, 3.63) is 83.4 Å². The number of benzene rings is 2. The average Bonchev–Trinajstić information content (AvgIpc) is 2.74. The lowest BCUT2D eigenvalue weighted by atomic mass is 9.56. The van der Waals surface area contributed by atoms with Crippen molar-refractivity contribution in [3.63, 3.8) is 0 Å². The van der Waals surface area contributed by atoms with Crippen LogP contribution in [0, 0.1) is 11.6 Å². The Morgan fingerprint density at radius 2 is 1.94 bits per heavy atom. The lowest BCUT2D eigenvalue weighted by Crippen LogP contribution is -2.58. The summed E-state index contributed by atoms with van der Waals surface area (Å²) in [6.45, 7) is 4.50. The summed E-state index contributed by atoms with van der Waals surface area (Å²) < 4.78 is 32.0. The Morgan fingerprint density at radius 1 is 1.23 bits per heavy atom. The van der Waals surface area contributed by atoms with Crippen LogP contribution in [0.5, 0.6) is 0 Å². The predicted octanol–water partition coefficient (Wildman–Crippen LogP) is 4.98. The second kappa shape index (κ2) is 8.37. The number of hydrogen-bond acceptors (Lipinski definition) is 4. The molecular formula is C24H25F2NO3S. The second-order valence-corrected chi connectivity index (χ2v) is 9.78. The molecule has 1 atom stereocenters. The first-order valence-corrected chi connectivity index (χ1v) is 11.1. The maximum atomic E-state index is 15.0. The van der Waals surface area contributed by atoms with Crippen LogP contribution in [-0.4, -0.2) is 32.6 Å². The number of carboxylic acids is 1. The van der Waals surface area contributed by atoms with E-state index >= 15 is 0 Å². The number of nitrogens with zero attached hydrogens (tertiary/aromatic N) is 1. The van der Waals surface area contributed by atoms with Gasteiger partial charge in [-0.3, -0.25) is 4.79 Å². The summed E-state index contributed by atoms with van der Waals surface area (Å²) in [6.07, 6.45) is 2.78. The minimum absolute atomic E-state index is 0.196. The van der Waals surface area contributed by atoms with E-state index in [0.717, 1.165) is 31.5 Å². The van der Waals surface area contributed by atoms with Gasteiger partial charge in [0.25, 0.3) is 0 Å². The van der Waals surface area contributed by atoms with E-state index in [0.29, 0.717) is 0 Å². The highest BCUT2D eigenvalue weighted by molar-refractivity contribution is 7.97. The van der Waals surface area contributed by atoms with Crippen LogP contribution in [0.1, 0.15) is 47.6 Å². The number of aliphatic hydroxyl groups is 1. The molecule has 2 aromatic carbocycles. The number of carboxylic acid groups (broad SMARTS) is 1. The zero-order valence-corrected chi connectivity index (χ0v) is 17.9. The summed E-state index contributed by atoms with van der Waals surface area (Å²) in [5.41, 5.74) is -1.84. The predicted molar refractivity (Wildman–Crippen MR) is 116 cm³/mol. The number of halogens is 2. The minimum atomic E-state index is -1.65. The highest BCUT2D eigenvalue weighted by atomic mass is 32.2. The van der Waals surface area contributed by atoms with Crippen molar-refractivity contribution in [3.8, 4) is 0 Å². The van der Waals surface area contributed by atoms with Crippen LogP contribution in [-0.2, 0) is 16.8 Å². The molecule has 1 saturated carbocycles. The van der Waals surface area contributed by atoms with Gasteiger partial charge in [0.05, 0.1) is 5.60 Å². The summed E-state index contributed by atoms with van der Waals surface area (Å²) in [5.74, 6) is -2.66. The Hall–Kier alpha value is -2.22. The molecule has 2 fully saturated rings. The number of carbonyl (C=O) groups is 1. The second-order valence-electron chi connectivity index (χ2n) is 8.48. The van der Waals surface area contributed by atoms with Gasteiger partial charge in [-0.05, 0) is 30.5 Å². The van der Waals surface area contributed by atoms with Crippen LogP contribution < -0.4 is 0 Å². The van der Waals surface area contributed by atoms with Crippen molar-refractivity contribution < 1.29 is 23.8 Å². The Morgan fingerprint density at radius 3 is 2.58 bits per heavy atom. The van der Waals surface area contributed by atoms with Gasteiger partial charge in [-0.1, -0.05) is 48.4 Å². The molecule has 0 spiro atoms. The monoisotopic (exact) mass is 445 g/mol. The van der Waals surface area contributed by atoms with Crippen LogP contribution in [0.4, 0.5) is 8.78 Å². The maximum Gasteiger partial charge on any atom is 0.314 e. The van der Waals surface area contributed by atoms with Crippen molar-refractivity contribution >= 4 is 17.9 Å². The fraction of sp³-hybridized carbons (Fsp3) is 0.375. The number of hydrogen-bond donors (Lipinski definition) is 2. The smallest absolute Gasteiger partial charge is 0.314 e. The highest BCUT2D eigenvalue weighted by Gasteiger charge is 2.59. The van der Waals surface area contributed by atoms with Crippen LogP contribution in [0.3, 0.4) is 0 Å². The Kier molecular flexibility index (Phi) is 5.94. The average molecular weight is 446 g/mol. The van der Waals surface area contributed by atoms with Gasteiger partial charge < -0.3 is 10.2 Å². The lowest BCUT2D eigenvalue weighted by Gasteiger charge is -2.49. The van der Waals surface area contributed by atoms with E-state index in [1.807, 2.05) is 22.5 Å². The molecule has 0 radical (unpaired) electrons. The first-order valence-electron chi connectivity index (χ1n) is 10.3. The lowest BCUT2D eigenvalue weighted by molar-refractivity contribution is -0.159. The fourth-order valence-corrected chi connectivity index (χ4v) is 5.97. The first kappa shape index (κ1) is 22.0. The van der Waals surface area contributed by atoms with E-state index in [9.17, 15) is 23.8 Å². The summed E-state index contributed by atoms with van der Waals surface area (Å²) in [4.78, 5) is 11.9. The third-order valence-corrected chi connectivity index (χ3v) is 7.70. The standard InChI is InChI=1S/C24H25F2NO3S/c1-2-23(30)14-24(15-23,22(28)29)18-12-19(25)17(11-20(18)26)13-27-10-6-9-21(31-27)16-7-4-3-5-8-16/h2-5,7-8,11-12,21,30H,1,6,9-10,13-15H2,(H,28,29). The topological polar surface area (TPSA) is 60.8 Å². The molecule has 0 aromatic heterocycles. The molecule has 1 aliphatic carbocycles. The van der Waals surface area contributed by atoms with E-state index < -0.39 is 28.6 Å². The Bertz CT molecular complexity index is 992. The number of aliphatic carboxylic acids is 1. The fourth-order valence-electron chi connectivity index (χ4n) is 4.61. The number of rotatable bonds is 6. The van der Waals surface area contributed by atoms with Gasteiger partial charge in [0.2, 0.25) is 0 Å². The maximum absolute atomic E-state index is 15.0. The molecule has 31 heavy (non-hydrogen) atoms. The molecule has 4 rings (SSSR count). The summed E-state index contributed by atoms with van der Waals surface area (Å²) in [6, 6.07) is 12.2. The molecule has 1 aliphatic heterocycles.